The largest absolute Gasteiger partial charge is 0.496 e. The Morgan fingerprint density at radius 2 is 1.41 bits per heavy atom. The highest BCUT2D eigenvalue weighted by molar-refractivity contribution is 5.60. The smallest absolute Gasteiger partial charge is 0.122 e. The Labute approximate surface area is 135 Å². The van der Waals surface area contributed by atoms with Crippen molar-refractivity contribution in [3.8, 4) is 5.75 Å². The molecule has 2 saturated carbocycles. The van der Waals surface area contributed by atoms with Crippen molar-refractivity contribution in [2.45, 2.75) is 76.0 Å². The highest BCUT2D eigenvalue weighted by Gasteiger charge is 2.28. The van der Waals surface area contributed by atoms with Gasteiger partial charge in [0.2, 0.25) is 0 Å². The summed E-state index contributed by atoms with van der Waals surface area (Å²) in [6.07, 6.45) is 15.7. The average Bonchev–Trinajstić information content (AvgIpc) is 2.61. The maximum absolute atomic E-state index is 5.80. The molecular formula is C21H30O. The van der Waals surface area contributed by atoms with E-state index in [4.69, 9.17) is 4.74 Å². The van der Waals surface area contributed by atoms with Crippen molar-refractivity contribution in [3.05, 3.63) is 35.4 Å². The summed E-state index contributed by atoms with van der Waals surface area (Å²) in [5.41, 5.74) is 4.47. The highest BCUT2D eigenvalue weighted by Crippen LogP contribution is 2.46. The molecule has 1 aromatic rings. The van der Waals surface area contributed by atoms with Crippen LogP contribution in [-0.2, 0) is 0 Å². The number of hydrogen-bond acceptors (Lipinski definition) is 1. The summed E-state index contributed by atoms with van der Waals surface area (Å²) in [4.78, 5) is 0. The number of benzene rings is 1. The topological polar surface area (TPSA) is 9.23 Å². The van der Waals surface area contributed by atoms with Crippen LogP contribution in [0.15, 0.2) is 18.7 Å². The van der Waals surface area contributed by atoms with Gasteiger partial charge in [-0.05, 0) is 54.7 Å². The molecule has 120 valence electrons. The zero-order chi connectivity index (χ0) is 15.4. The van der Waals surface area contributed by atoms with Gasteiger partial charge in [0.25, 0.3) is 0 Å². The molecule has 0 aromatic heterocycles. The first-order valence-corrected chi connectivity index (χ1v) is 9.18. The molecular weight excluding hydrogens is 268 g/mol. The Balaban J connectivity index is 2.07. The van der Waals surface area contributed by atoms with E-state index in [9.17, 15) is 0 Å². The first-order valence-electron chi connectivity index (χ1n) is 9.18. The monoisotopic (exact) mass is 298 g/mol. The van der Waals surface area contributed by atoms with Crippen LogP contribution >= 0.6 is 0 Å². The predicted octanol–water partition coefficient (Wildman–Crippen LogP) is 6.43. The molecule has 2 fully saturated rings. The van der Waals surface area contributed by atoms with Gasteiger partial charge in [-0.3, -0.25) is 0 Å². The number of ether oxygens (including phenoxy) is 1. The van der Waals surface area contributed by atoms with Gasteiger partial charge in [-0.25, -0.2) is 0 Å². The second-order valence-electron chi connectivity index (χ2n) is 7.06. The Morgan fingerprint density at radius 3 is 1.91 bits per heavy atom. The van der Waals surface area contributed by atoms with Crippen molar-refractivity contribution in [1.82, 2.24) is 0 Å². The van der Waals surface area contributed by atoms with Crippen LogP contribution in [0.2, 0.25) is 0 Å². The second kappa shape index (κ2) is 7.35. The van der Waals surface area contributed by atoms with Gasteiger partial charge >= 0.3 is 0 Å². The molecule has 2 aliphatic rings. The van der Waals surface area contributed by atoms with E-state index >= 15 is 0 Å². The zero-order valence-corrected chi connectivity index (χ0v) is 14.1. The third kappa shape index (κ3) is 3.09. The molecule has 2 aliphatic carbocycles. The number of methoxy groups -OCH3 is 1. The van der Waals surface area contributed by atoms with Gasteiger partial charge in [0, 0.05) is 5.56 Å². The van der Waals surface area contributed by atoms with Crippen LogP contribution in [0.3, 0.4) is 0 Å². The Kier molecular flexibility index (Phi) is 5.23. The third-order valence-corrected chi connectivity index (χ3v) is 5.75. The fourth-order valence-electron chi connectivity index (χ4n) is 4.65. The van der Waals surface area contributed by atoms with Crippen molar-refractivity contribution in [1.29, 1.82) is 0 Å². The summed E-state index contributed by atoms with van der Waals surface area (Å²) < 4.78 is 5.80. The molecule has 1 nitrogen and oxygen atoms in total. The van der Waals surface area contributed by atoms with Crippen LogP contribution in [0.4, 0.5) is 0 Å². The van der Waals surface area contributed by atoms with E-state index in [-0.39, 0.29) is 0 Å². The van der Waals surface area contributed by atoms with Crippen molar-refractivity contribution in [2.75, 3.05) is 7.11 Å². The van der Waals surface area contributed by atoms with Crippen molar-refractivity contribution in [3.63, 3.8) is 0 Å². The van der Waals surface area contributed by atoms with E-state index in [1.54, 1.807) is 5.56 Å². The molecule has 0 heterocycles. The van der Waals surface area contributed by atoms with Crippen molar-refractivity contribution >= 4 is 6.08 Å². The Hall–Kier alpha value is -1.24. The lowest BCUT2D eigenvalue weighted by atomic mass is 9.74. The SMILES string of the molecule is C=Cc1ccc(OC)c(C2CCCCC2)c1C1CCCCC1. The van der Waals surface area contributed by atoms with Gasteiger partial charge in [-0.2, -0.15) is 0 Å². The lowest BCUT2D eigenvalue weighted by Gasteiger charge is -2.32. The third-order valence-electron chi connectivity index (χ3n) is 5.75. The van der Waals surface area contributed by atoms with E-state index in [1.807, 2.05) is 7.11 Å². The van der Waals surface area contributed by atoms with Gasteiger partial charge in [0.1, 0.15) is 5.75 Å². The van der Waals surface area contributed by atoms with Crippen LogP contribution in [0.5, 0.6) is 5.75 Å². The van der Waals surface area contributed by atoms with Crippen LogP contribution in [-0.4, -0.2) is 7.11 Å². The highest BCUT2D eigenvalue weighted by atomic mass is 16.5. The molecule has 0 amide bonds. The summed E-state index contributed by atoms with van der Waals surface area (Å²) in [7, 11) is 1.83. The molecule has 0 N–H and O–H groups in total. The summed E-state index contributed by atoms with van der Waals surface area (Å²) in [5, 5.41) is 0. The molecule has 0 radical (unpaired) electrons. The van der Waals surface area contributed by atoms with E-state index in [2.05, 4.69) is 24.8 Å². The number of hydrogen-bond donors (Lipinski definition) is 0. The minimum atomic E-state index is 0.695. The van der Waals surface area contributed by atoms with Gasteiger partial charge in [0.15, 0.2) is 0 Å². The molecule has 0 bridgehead atoms. The fraction of sp³-hybridized carbons (Fsp3) is 0.619. The average molecular weight is 298 g/mol. The van der Waals surface area contributed by atoms with Gasteiger partial charge in [-0.15, -0.1) is 0 Å². The quantitative estimate of drug-likeness (QED) is 0.622. The normalized spacial score (nSPS) is 20.8. The van der Waals surface area contributed by atoms with Crippen LogP contribution in [0, 0.1) is 0 Å². The molecule has 0 spiro atoms. The maximum Gasteiger partial charge on any atom is 0.122 e. The van der Waals surface area contributed by atoms with Crippen molar-refractivity contribution < 1.29 is 4.74 Å². The fourth-order valence-corrected chi connectivity index (χ4v) is 4.65. The first kappa shape index (κ1) is 15.6. The first-order chi connectivity index (χ1) is 10.8. The summed E-state index contributed by atoms with van der Waals surface area (Å²) >= 11 is 0. The molecule has 0 unspecified atom stereocenters. The van der Waals surface area contributed by atoms with E-state index < -0.39 is 0 Å². The summed E-state index contributed by atoms with van der Waals surface area (Å²) in [6, 6.07) is 4.40. The van der Waals surface area contributed by atoms with E-state index in [0.29, 0.717) is 11.8 Å². The van der Waals surface area contributed by atoms with E-state index in [0.717, 1.165) is 5.75 Å². The molecule has 1 aromatic carbocycles. The molecule has 1 heteroatoms. The predicted molar refractivity (Wildman–Crippen MR) is 94.7 cm³/mol. The van der Waals surface area contributed by atoms with Gasteiger partial charge in [-0.1, -0.05) is 57.2 Å². The van der Waals surface area contributed by atoms with Crippen molar-refractivity contribution in [2.24, 2.45) is 0 Å². The Bertz CT molecular complexity index is 505. The van der Waals surface area contributed by atoms with Gasteiger partial charge < -0.3 is 4.74 Å². The minimum absolute atomic E-state index is 0.695. The summed E-state index contributed by atoms with van der Waals surface area (Å²) in [6.45, 7) is 4.09. The standard InChI is InChI=1S/C21H30O/c1-3-16-14-15-19(22-2)21(18-12-8-5-9-13-18)20(16)17-10-6-4-7-11-17/h3,14-15,17-18H,1,4-13H2,2H3. The van der Waals surface area contributed by atoms with Crippen LogP contribution in [0.1, 0.15) is 92.7 Å². The molecule has 0 atom stereocenters. The van der Waals surface area contributed by atoms with E-state index in [1.165, 1.54) is 75.3 Å². The lowest BCUT2D eigenvalue weighted by Crippen LogP contribution is -2.15. The number of rotatable bonds is 4. The van der Waals surface area contributed by atoms with Gasteiger partial charge in [0.05, 0.1) is 7.11 Å². The zero-order valence-electron chi connectivity index (χ0n) is 14.1. The molecule has 0 saturated heterocycles. The minimum Gasteiger partial charge on any atom is -0.496 e. The molecule has 22 heavy (non-hydrogen) atoms. The maximum atomic E-state index is 5.80. The van der Waals surface area contributed by atoms with Crippen LogP contribution in [0.25, 0.3) is 6.08 Å². The summed E-state index contributed by atoms with van der Waals surface area (Å²) in [5.74, 6) is 2.53. The Morgan fingerprint density at radius 1 is 0.864 bits per heavy atom. The van der Waals surface area contributed by atoms with Crippen LogP contribution < -0.4 is 4.74 Å². The lowest BCUT2D eigenvalue weighted by molar-refractivity contribution is 0.377. The molecule has 0 aliphatic heterocycles. The molecule has 3 rings (SSSR count). The second-order valence-corrected chi connectivity index (χ2v) is 7.06.